The number of likely N-dealkylation sites (tertiary alicyclic amines) is 1. The second-order valence-corrected chi connectivity index (χ2v) is 6.68. The lowest BCUT2D eigenvalue weighted by molar-refractivity contribution is 0.0699. The molecule has 0 atom stereocenters. The van der Waals surface area contributed by atoms with Crippen molar-refractivity contribution in [3.8, 4) is 0 Å². The molecule has 0 spiro atoms. The molecular weight excluding hydrogens is 306 g/mol. The SMILES string of the molecule is CCn1cnnc1C1CCN(C(=O)c2noc3c2CCCC3)CC1. The molecule has 1 fully saturated rings. The van der Waals surface area contributed by atoms with Crippen molar-refractivity contribution in [1.29, 1.82) is 0 Å². The molecule has 1 saturated heterocycles. The van der Waals surface area contributed by atoms with E-state index in [0.29, 0.717) is 11.6 Å². The maximum absolute atomic E-state index is 12.8. The first-order valence-corrected chi connectivity index (χ1v) is 8.92. The van der Waals surface area contributed by atoms with E-state index in [4.69, 9.17) is 4.52 Å². The summed E-state index contributed by atoms with van der Waals surface area (Å²) in [7, 11) is 0. The number of hydrogen-bond acceptors (Lipinski definition) is 5. The minimum Gasteiger partial charge on any atom is -0.360 e. The van der Waals surface area contributed by atoms with E-state index in [1.165, 1.54) is 0 Å². The Kier molecular flexibility index (Phi) is 4.08. The van der Waals surface area contributed by atoms with Gasteiger partial charge in [0.2, 0.25) is 0 Å². The van der Waals surface area contributed by atoms with Crippen molar-refractivity contribution in [2.45, 2.75) is 57.9 Å². The third-order valence-electron chi connectivity index (χ3n) is 5.29. The lowest BCUT2D eigenvalue weighted by Gasteiger charge is -2.31. The summed E-state index contributed by atoms with van der Waals surface area (Å²) >= 11 is 0. The zero-order chi connectivity index (χ0) is 16.5. The van der Waals surface area contributed by atoms with Gasteiger partial charge < -0.3 is 14.0 Å². The average Bonchev–Trinajstić information content (AvgIpc) is 3.28. The first-order chi connectivity index (χ1) is 11.8. The van der Waals surface area contributed by atoms with Crippen molar-refractivity contribution in [2.75, 3.05) is 13.1 Å². The van der Waals surface area contributed by atoms with Crippen LogP contribution in [0.3, 0.4) is 0 Å². The summed E-state index contributed by atoms with van der Waals surface area (Å²) in [5, 5.41) is 12.4. The summed E-state index contributed by atoms with van der Waals surface area (Å²) in [4.78, 5) is 14.7. The zero-order valence-corrected chi connectivity index (χ0v) is 14.1. The number of carbonyl (C=O) groups is 1. The van der Waals surface area contributed by atoms with Crippen molar-refractivity contribution < 1.29 is 9.32 Å². The number of carbonyl (C=O) groups excluding carboxylic acids is 1. The van der Waals surface area contributed by atoms with Crippen LogP contribution in [0.5, 0.6) is 0 Å². The summed E-state index contributed by atoms with van der Waals surface area (Å²) in [6.07, 6.45) is 7.69. The van der Waals surface area contributed by atoms with Crippen LogP contribution < -0.4 is 0 Å². The fraction of sp³-hybridized carbons (Fsp3) is 0.647. The van der Waals surface area contributed by atoms with Crippen molar-refractivity contribution in [3.63, 3.8) is 0 Å². The predicted octanol–water partition coefficient (Wildman–Crippen LogP) is 2.18. The van der Waals surface area contributed by atoms with E-state index in [1.54, 1.807) is 6.33 Å². The zero-order valence-electron chi connectivity index (χ0n) is 14.1. The minimum atomic E-state index is 0.0253. The molecule has 4 rings (SSSR count). The van der Waals surface area contributed by atoms with Crippen LogP contribution in [-0.4, -0.2) is 43.8 Å². The number of aromatic nitrogens is 4. The Morgan fingerprint density at radius 2 is 2.08 bits per heavy atom. The lowest BCUT2D eigenvalue weighted by Crippen LogP contribution is -2.39. The molecule has 0 unspecified atom stereocenters. The van der Waals surface area contributed by atoms with E-state index in [1.807, 2.05) is 4.90 Å². The van der Waals surface area contributed by atoms with Crippen LogP contribution in [0, 0.1) is 0 Å². The molecular formula is C17H23N5O2. The molecule has 2 aromatic heterocycles. The second-order valence-electron chi connectivity index (χ2n) is 6.68. The van der Waals surface area contributed by atoms with E-state index >= 15 is 0 Å². The molecule has 7 heteroatoms. The topological polar surface area (TPSA) is 77.1 Å². The normalized spacial score (nSPS) is 18.6. The highest BCUT2D eigenvalue weighted by Gasteiger charge is 2.31. The van der Waals surface area contributed by atoms with Gasteiger partial charge in [-0.25, -0.2) is 0 Å². The largest absolute Gasteiger partial charge is 0.360 e. The van der Waals surface area contributed by atoms with Crippen LogP contribution in [-0.2, 0) is 19.4 Å². The van der Waals surface area contributed by atoms with E-state index in [0.717, 1.165) is 75.3 Å². The molecule has 7 nitrogen and oxygen atoms in total. The summed E-state index contributed by atoms with van der Waals surface area (Å²) in [5.41, 5.74) is 1.58. The number of fused-ring (bicyclic) bond motifs is 1. The molecule has 24 heavy (non-hydrogen) atoms. The van der Waals surface area contributed by atoms with Crippen LogP contribution in [0.4, 0.5) is 0 Å². The molecule has 1 aliphatic carbocycles. The number of rotatable bonds is 3. The van der Waals surface area contributed by atoms with Gasteiger partial charge in [-0.2, -0.15) is 0 Å². The Bertz CT molecular complexity index is 727. The highest BCUT2D eigenvalue weighted by Crippen LogP contribution is 2.29. The summed E-state index contributed by atoms with van der Waals surface area (Å²) in [6.45, 7) is 4.45. The minimum absolute atomic E-state index is 0.0253. The van der Waals surface area contributed by atoms with Crippen LogP contribution in [0.2, 0.25) is 0 Å². The Hall–Kier alpha value is -2.18. The van der Waals surface area contributed by atoms with Crippen LogP contribution >= 0.6 is 0 Å². The lowest BCUT2D eigenvalue weighted by atomic mass is 9.94. The number of nitrogens with zero attached hydrogens (tertiary/aromatic N) is 5. The van der Waals surface area contributed by atoms with Gasteiger partial charge in [0.1, 0.15) is 17.9 Å². The smallest absolute Gasteiger partial charge is 0.276 e. The Labute approximate surface area is 141 Å². The fourth-order valence-corrected chi connectivity index (χ4v) is 3.87. The van der Waals surface area contributed by atoms with Crippen molar-refractivity contribution in [2.24, 2.45) is 0 Å². The molecule has 0 bridgehead atoms. The highest BCUT2D eigenvalue weighted by atomic mass is 16.5. The Morgan fingerprint density at radius 3 is 2.88 bits per heavy atom. The molecule has 0 N–H and O–H groups in total. The Balaban J connectivity index is 1.44. The third-order valence-corrected chi connectivity index (χ3v) is 5.29. The van der Waals surface area contributed by atoms with E-state index in [9.17, 15) is 4.79 Å². The maximum Gasteiger partial charge on any atom is 0.276 e. The summed E-state index contributed by atoms with van der Waals surface area (Å²) in [6, 6.07) is 0. The second kappa shape index (κ2) is 6.37. The molecule has 0 aromatic carbocycles. The molecule has 1 amide bonds. The Morgan fingerprint density at radius 1 is 1.29 bits per heavy atom. The molecule has 3 heterocycles. The number of amides is 1. The quantitative estimate of drug-likeness (QED) is 0.862. The highest BCUT2D eigenvalue weighted by molar-refractivity contribution is 5.94. The first-order valence-electron chi connectivity index (χ1n) is 8.92. The molecule has 1 aliphatic heterocycles. The molecule has 2 aromatic rings. The third kappa shape index (κ3) is 2.61. The van der Waals surface area contributed by atoms with Gasteiger partial charge >= 0.3 is 0 Å². The standard InChI is InChI=1S/C17H23N5O2/c1-2-21-11-18-19-16(21)12-7-9-22(10-8-12)17(23)15-13-5-3-4-6-14(13)24-20-15/h11-12H,2-10H2,1H3. The van der Waals surface area contributed by atoms with Gasteiger partial charge in [-0.1, -0.05) is 5.16 Å². The maximum atomic E-state index is 12.8. The van der Waals surface area contributed by atoms with Gasteiger partial charge in [-0.3, -0.25) is 4.79 Å². The first kappa shape index (κ1) is 15.4. The van der Waals surface area contributed by atoms with Crippen molar-refractivity contribution in [3.05, 3.63) is 29.2 Å². The van der Waals surface area contributed by atoms with E-state index in [-0.39, 0.29) is 5.91 Å². The fourth-order valence-electron chi connectivity index (χ4n) is 3.87. The molecule has 128 valence electrons. The van der Waals surface area contributed by atoms with E-state index < -0.39 is 0 Å². The van der Waals surface area contributed by atoms with Crippen LogP contribution in [0.25, 0.3) is 0 Å². The van der Waals surface area contributed by atoms with Crippen LogP contribution in [0.1, 0.15) is 66.2 Å². The number of hydrogen-bond donors (Lipinski definition) is 0. The number of piperidine rings is 1. The monoisotopic (exact) mass is 329 g/mol. The van der Waals surface area contributed by atoms with Gasteiger partial charge in [-0.15, -0.1) is 10.2 Å². The summed E-state index contributed by atoms with van der Waals surface area (Å²) in [5.74, 6) is 2.36. The van der Waals surface area contributed by atoms with Gasteiger partial charge in [-0.05, 0) is 39.0 Å². The average molecular weight is 329 g/mol. The van der Waals surface area contributed by atoms with Gasteiger partial charge in [0.25, 0.3) is 5.91 Å². The molecule has 2 aliphatic rings. The van der Waals surface area contributed by atoms with E-state index in [2.05, 4.69) is 26.8 Å². The van der Waals surface area contributed by atoms with Crippen LogP contribution in [0.15, 0.2) is 10.9 Å². The summed E-state index contributed by atoms with van der Waals surface area (Å²) < 4.78 is 7.48. The van der Waals surface area contributed by atoms with Gasteiger partial charge in [0, 0.05) is 37.5 Å². The molecule has 0 saturated carbocycles. The van der Waals surface area contributed by atoms with Gasteiger partial charge in [0.05, 0.1) is 0 Å². The molecule has 0 radical (unpaired) electrons. The number of aryl methyl sites for hydroxylation is 2. The van der Waals surface area contributed by atoms with Gasteiger partial charge in [0.15, 0.2) is 5.69 Å². The van der Waals surface area contributed by atoms with Crippen molar-refractivity contribution >= 4 is 5.91 Å². The van der Waals surface area contributed by atoms with Crippen molar-refractivity contribution in [1.82, 2.24) is 24.8 Å². The predicted molar refractivity (Wildman–Crippen MR) is 86.7 cm³/mol.